The first-order chi connectivity index (χ1) is 13.5. The van der Waals surface area contributed by atoms with Gasteiger partial charge in [0.25, 0.3) is 5.91 Å². The number of amides is 1. The Kier molecular flexibility index (Phi) is 5.72. The van der Waals surface area contributed by atoms with E-state index in [9.17, 15) is 10.1 Å². The van der Waals surface area contributed by atoms with E-state index >= 15 is 0 Å². The molecule has 28 heavy (non-hydrogen) atoms. The van der Waals surface area contributed by atoms with Crippen molar-refractivity contribution in [3.63, 3.8) is 0 Å². The highest BCUT2D eigenvalue weighted by Crippen LogP contribution is 2.38. The maximum atomic E-state index is 12.6. The zero-order valence-corrected chi connectivity index (χ0v) is 17.8. The molecule has 4 nitrogen and oxygen atoms in total. The number of rotatable bonds is 4. The lowest BCUT2D eigenvalue weighted by atomic mass is 10.0. The number of hydrogen-bond acceptors (Lipinski definition) is 5. The number of nitriles is 1. The van der Waals surface area contributed by atoms with E-state index in [1.165, 1.54) is 16.9 Å². The summed E-state index contributed by atoms with van der Waals surface area (Å²) in [5, 5.41) is 13.1. The molecule has 0 saturated carbocycles. The SMILES string of the molecule is N#Cc1c(NC(=O)c2cc(Cl)sc2Cl)sc2c1CCN(Cc1ccccc1)C2. The quantitative estimate of drug-likeness (QED) is 0.549. The van der Waals surface area contributed by atoms with Gasteiger partial charge < -0.3 is 5.32 Å². The second-order valence-corrected chi connectivity index (χ2v) is 9.85. The first-order valence-electron chi connectivity index (χ1n) is 8.62. The van der Waals surface area contributed by atoms with Crippen LogP contribution in [0.3, 0.4) is 0 Å². The summed E-state index contributed by atoms with van der Waals surface area (Å²) in [5.74, 6) is -0.343. The van der Waals surface area contributed by atoms with Gasteiger partial charge in [0, 0.05) is 24.5 Å². The van der Waals surface area contributed by atoms with Crippen LogP contribution in [-0.2, 0) is 19.5 Å². The molecule has 0 unspecified atom stereocenters. The number of fused-ring (bicyclic) bond motifs is 1. The maximum Gasteiger partial charge on any atom is 0.258 e. The molecule has 1 aliphatic rings. The van der Waals surface area contributed by atoms with Gasteiger partial charge in [0.2, 0.25) is 0 Å². The lowest BCUT2D eigenvalue weighted by Crippen LogP contribution is -2.29. The highest BCUT2D eigenvalue weighted by atomic mass is 35.5. The van der Waals surface area contributed by atoms with Crippen LogP contribution in [0.4, 0.5) is 5.00 Å². The van der Waals surface area contributed by atoms with E-state index in [-0.39, 0.29) is 5.91 Å². The molecule has 1 N–H and O–H groups in total. The average molecular weight is 448 g/mol. The van der Waals surface area contributed by atoms with Gasteiger partial charge in [-0.15, -0.1) is 22.7 Å². The number of nitrogens with zero attached hydrogens (tertiary/aromatic N) is 2. The number of nitrogens with one attached hydrogen (secondary N) is 1. The fourth-order valence-electron chi connectivity index (χ4n) is 3.30. The third kappa shape index (κ3) is 3.95. The molecule has 1 aliphatic heterocycles. The van der Waals surface area contributed by atoms with Crippen molar-refractivity contribution in [3.05, 3.63) is 72.2 Å². The fraction of sp³-hybridized carbons (Fsp3) is 0.200. The monoisotopic (exact) mass is 447 g/mol. The Bertz CT molecular complexity index is 1070. The topological polar surface area (TPSA) is 56.1 Å². The van der Waals surface area contributed by atoms with E-state index in [1.807, 2.05) is 18.2 Å². The zero-order valence-electron chi connectivity index (χ0n) is 14.7. The Labute approximate surface area is 180 Å². The fourth-order valence-corrected chi connectivity index (χ4v) is 6.00. The van der Waals surface area contributed by atoms with Crippen LogP contribution < -0.4 is 5.32 Å². The normalized spacial score (nSPS) is 13.8. The minimum Gasteiger partial charge on any atom is -0.312 e. The Morgan fingerprint density at radius 1 is 1.25 bits per heavy atom. The summed E-state index contributed by atoms with van der Waals surface area (Å²) in [6.07, 6.45) is 0.794. The van der Waals surface area contributed by atoms with Gasteiger partial charge in [0.05, 0.1) is 15.5 Å². The molecule has 3 aromatic rings. The standard InChI is InChI=1S/C20H15Cl2N3OS2/c21-17-8-14(18(22)28-17)19(26)24-20-15(9-23)13-6-7-25(11-16(13)27-20)10-12-4-2-1-3-5-12/h1-5,8H,6-7,10-11H2,(H,24,26). The van der Waals surface area contributed by atoms with Crippen LogP contribution in [0.1, 0.15) is 31.9 Å². The molecule has 0 saturated heterocycles. The molecule has 2 aromatic heterocycles. The van der Waals surface area contributed by atoms with Gasteiger partial charge in [-0.1, -0.05) is 53.5 Å². The molecule has 142 valence electrons. The molecule has 1 aromatic carbocycles. The third-order valence-electron chi connectivity index (χ3n) is 4.63. The highest BCUT2D eigenvalue weighted by Gasteiger charge is 2.26. The highest BCUT2D eigenvalue weighted by molar-refractivity contribution is 7.20. The molecule has 0 atom stereocenters. The Balaban J connectivity index is 1.54. The molecular weight excluding hydrogens is 433 g/mol. The second-order valence-electron chi connectivity index (χ2n) is 6.46. The summed E-state index contributed by atoms with van der Waals surface area (Å²) in [6.45, 7) is 2.52. The second kappa shape index (κ2) is 8.24. The van der Waals surface area contributed by atoms with Crippen LogP contribution in [0, 0.1) is 11.3 Å². The van der Waals surface area contributed by atoms with Crippen molar-refractivity contribution in [2.45, 2.75) is 19.5 Å². The molecule has 0 radical (unpaired) electrons. The van der Waals surface area contributed by atoms with Crippen molar-refractivity contribution in [2.75, 3.05) is 11.9 Å². The van der Waals surface area contributed by atoms with E-state index in [4.69, 9.17) is 23.2 Å². The Hall–Kier alpha value is -1.88. The van der Waals surface area contributed by atoms with Crippen LogP contribution in [0.5, 0.6) is 0 Å². The largest absolute Gasteiger partial charge is 0.312 e. The van der Waals surface area contributed by atoms with Crippen molar-refractivity contribution in [3.8, 4) is 6.07 Å². The van der Waals surface area contributed by atoms with Gasteiger partial charge in [-0.25, -0.2) is 0 Å². The molecular formula is C20H15Cl2N3OS2. The van der Waals surface area contributed by atoms with Gasteiger partial charge in [-0.3, -0.25) is 9.69 Å². The Morgan fingerprint density at radius 2 is 2.04 bits per heavy atom. The van der Waals surface area contributed by atoms with E-state index in [1.54, 1.807) is 6.07 Å². The summed E-state index contributed by atoms with van der Waals surface area (Å²) in [4.78, 5) is 16.1. The van der Waals surface area contributed by atoms with Crippen molar-refractivity contribution < 1.29 is 4.79 Å². The number of carbonyl (C=O) groups is 1. The molecule has 0 spiro atoms. The number of hydrogen-bond donors (Lipinski definition) is 1. The van der Waals surface area contributed by atoms with Crippen molar-refractivity contribution in [1.82, 2.24) is 4.90 Å². The number of carbonyl (C=O) groups excluding carboxylic acids is 1. The number of benzene rings is 1. The molecule has 0 bridgehead atoms. The minimum atomic E-state index is -0.343. The zero-order chi connectivity index (χ0) is 19.7. The first kappa shape index (κ1) is 19.4. The van der Waals surface area contributed by atoms with Crippen molar-refractivity contribution in [2.24, 2.45) is 0 Å². The van der Waals surface area contributed by atoms with Gasteiger partial charge in [-0.2, -0.15) is 5.26 Å². The van der Waals surface area contributed by atoms with Gasteiger partial charge in [-0.05, 0) is 23.6 Å². The van der Waals surface area contributed by atoms with Gasteiger partial charge in [0.15, 0.2) is 0 Å². The predicted octanol–water partition coefficient (Wildman–Crippen LogP) is 5.80. The van der Waals surface area contributed by atoms with Crippen LogP contribution >= 0.6 is 45.9 Å². The third-order valence-corrected chi connectivity index (χ3v) is 7.24. The molecule has 4 rings (SSSR count). The van der Waals surface area contributed by atoms with Crippen LogP contribution in [-0.4, -0.2) is 17.4 Å². The van der Waals surface area contributed by atoms with E-state index in [2.05, 4.69) is 28.4 Å². The predicted molar refractivity (Wildman–Crippen MR) is 116 cm³/mol. The van der Waals surface area contributed by atoms with Crippen molar-refractivity contribution in [1.29, 1.82) is 5.26 Å². The lowest BCUT2D eigenvalue weighted by molar-refractivity contribution is 0.102. The van der Waals surface area contributed by atoms with E-state index in [0.29, 0.717) is 24.8 Å². The summed E-state index contributed by atoms with van der Waals surface area (Å²) in [5.41, 5.74) is 3.20. The Morgan fingerprint density at radius 3 is 2.71 bits per heavy atom. The van der Waals surface area contributed by atoms with Crippen LogP contribution in [0.15, 0.2) is 36.4 Å². The summed E-state index contributed by atoms with van der Waals surface area (Å²) < 4.78 is 0.800. The van der Waals surface area contributed by atoms with Crippen LogP contribution in [0.25, 0.3) is 0 Å². The van der Waals surface area contributed by atoms with E-state index in [0.717, 1.165) is 47.8 Å². The number of halogens is 2. The maximum absolute atomic E-state index is 12.6. The summed E-state index contributed by atoms with van der Waals surface area (Å²) >= 11 is 14.6. The molecule has 0 aliphatic carbocycles. The van der Waals surface area contributed by atoms with Gasteiger partial charge in [0.1, 0.15) is 15.4 Å². The number of anilines is 1. The summed E-state index contributed by atoms with van der Waals surface area (Å²) in [7, 11) is 0. The molecule has 3 heterocycles. The summed E-state index contributed by atoms with van der Waals surface area (Å²) in [6, 6.07) is 14.1. The average Bonchev–Trinajstić information content (AvgIpc) is 3.20. The van der Waals surface area contributed by atoms with Gasteiger partial charge >= 0.3 is 0 Å². The smallest absolute Gasteiger partial charge is 0.258 e. The van der Waals surface area contributed by atoms with Crippen LogP contribution in [0.2, 0.25) is 8.67 Å². The first-order valence-corrected chi connectivity index (χ1v) is 11.0. The molecule has 1 amide bonds. The minimum absolute atomic E-state index is 0.331. The molecule has 0 fully saturated rings. The molecule has 8 heteroatoms. The number of thiophene rings is 2. The van der Waals surface area contributed by atoms with Crippen molar-refractivity contribution >= 4 is 56.8 Å². The lowest BCUT2D eigenvalue weighted by Gasteiger charge is -2.26. The van der Waals surface area contributed by atoms with E-state index < -0.39 is 0 Å².